The second-order valence-electron chi connectivity index (χ2n) is 31.8. The number of aromatic carboxylic acids is 1. The lowest BCUT2D eigenvalue weighted by molar-refractivity contribution is -0.0963. The summed E-state index contributed by atoms with van der Waals surface area (Å²) in [5, 5.41) is 46.7. The van der Waals surface area contributed by atoms with E-state index >= 15 is 0 Å². The molecule has 11 rings (SSSR count). The van der Waals surface area contributed by atoms with Gasteiger partial charge in [-0.2, -0.15) is 32.0 Å². The lowest BCUT2D eigenvalue weighted by atomic mass is 9.86. The number of ether oxygens (including phenoxy) is 3. The minimum absolute atomic E-state index is 0. The number of sulfonamides is 2. The van der Waals surface area contributed by atoms with Gasteiger partial charge in [-0.25, -0.2) is 49.8 Å². The van der Waals surface area contributed by atoms with Gasteiger partial charge in [0, 0.05) is 97.8 Å². The lowest BCUT2D eigenvalue weighted by Crippen LogP contribution is -2.55. The van der Waals surface area contributed by atoms with Crippen LogP contribution in [0.5, 0.6) is 17.6 Å². The summed E-state index contributed by atoms with van der Waals surface area (Å²) in [4.78, 5) is 57.4. The third-order valence-corrected chi connectivity index (χ3v) is 25.7. The van der Waals surface area contributed by atoms with Gasteiger partial charge in [-0.3, -0.25) is 14.5 Å². The molecule has 3 aliphatic rings. The first kappa shape index (κ1) is 105. The Labute approximate surface area is 736 Å². The van der Waals surface area contributed by atoms with Gasteiger partial charge in [0.05, 0.1) is 44.6 Å². The number of carbonyl (C=O) groups excluding carboxylic acids is 2. The number of nitrogens with one attached hydrogen (secondary N) is 1. The Morgan fingerprint density at radius 1 is 0.455 bits per heavy atom. The van der Waals surface area contributed by atoms with E-state index in [2.05, 4.69) is 39.0 Å². The normalized spacial score (nSPS) is 17.5. The van der Waals surface area contributed by atoms with Gasteiger partial charge in [0.2, 0.25) is 37.7 Å². The molecule has 31 heteroatoms. The van der Waals surface area contributed by atoms with Gasteiger partial charge in [-0.05, 0) is 185 Å². The number of halogens is 3. The minimum Gasteiger partial charge on any atom is -0.478 e. The van der Waals surface area contributed by atoms with Gasteiger partial charge < -0.3 is 55.9 Å². The van der Waals surface area contributed by atoms with Crippen molar-refractivity contribution in [3.05, 3.63) is 237 Å². The Morgan fingerprint density at radius 2 is 0.764 bits per heavy atom. The van der Waals surface area contributed by atoms with E-state index in [0.717, 1.165) is 93.3 Å². The number of rotatable bonds is 33. The van der Waals surface area contributed by atoms with Crippen molar-refractivity contribution in [2.45, 2.75) is 251 Å². The number of benzene rings is 5. The van der Waals surface area contributed by atoms with Crippen LogP contribution in [0.2, 0.25) is 0 Å². The number of hydrogen-bond donors (Lipinski definition) is 6. The van der Waals surface area contributed by atoms with Gasteiger partial charge >= 0.3 is 5.97 Å². The highest BCUT2D eigenvalue weighted by Crippen LogP contribution is 2.48. The van der Waals surface area contributed by atoms with Gasteiger partial charge in [0.25, 0.3) is 11.8 Å². The zero-order valence-corrected chi connectivity index (χ0v) is 78.0. The fourth-order valence-corrected chi connectivity index (χ4v) is 17.8. The van der Waals surface area contributed by atoms with Crippen LogP contribution in [0.3, 0.4) is 0 Å². The molecule has 5 aromatic carbocycles. The average Bonchev–Trinajstić information content (AvgIpc) is 0.740. The number of carboxylic acids is 1. The maximum absolute atomic E-state index is 14.4. The Balaban J connectivity index is 0.000000306. The fourth-order valence-electron chi connectivity index (χ4n) is 14.5. The summed E-state index contributed by atoms with van der Waals surface area (Å²) in [5.74, 6) is -1.96. The third kappa shape index (κ3) is 26.1. The van der Waals surface area contributed by atoms with E-state index in [1.165, 1.54) is 56.4 Å². The fraction of sp³-hybridized carbons (Fsp3) is 0.478. The molecule has 3 aromatic heterocycles. The molecule has 8 aromatic rings. The van der Waals surface area contributed by atoms with E-state index in [1.807, 2.05) is 67.5 Å². The molecule has 0 saturated carbocycles. The Bertz CT molecular complexity index is 4960. The summed E-state index contributed by atoms with van der Waals surface area (Å²) in [7, 11) is -8.08. The molecule has 0 aliphatic carbocycles. The first-order chi connectivity index (χ1) is 57.0. The van der Waals surface area contributed by atoms with Crippen LogP contribution in [0.1, 0.15) is 249 Å². The lowest BCUT2D eigenvalue weighted by Gasteiger charge is -2.46. The quantitative estimate of drug-likeness (QED) is 0.0208. The van der Waals surface area contributed by atoms with Crippen LogP contribution in [0.4, 0.5) is 13.2 Å². The van der Waals surface area contributed by atoms with Crippen LogP contribution in [-0.4, -0.2) is 174 Å². The summed E-state index contributed by atoms with van der Waals surface area (Å²) < 4.78 is 118. The number of pyridine rings is 3. The smallest absolute Gasteiger partial charge is 0.337 e. The first-order valence-electron chi connectivity index (χ1n) is 41.8. The molecule has 8 N–H and O–H groups in total. The highest BCUT2D eigenvalue weighted by Gasteiger charge is 2.52. The van der Waals surface area contributed by atoms with Crippen LogP contribution in [0.15, 0.2) is 168 Å². The Kier molecular flexibility index (Phi) is 40.8. The molecule has 2 amide bonds. The number of nitrogens with zero attached hydrogens (tertiary/aromatic N) is 8. The van der Waals surface area contributed by atoms with E-state index in [9.17, 15) is 64.8 Å². The zero-order chi connectivity index (χ0) is 88.0. The van der Waals surface area contributed by atoms with E-state index in [1.54, 1.807) is 143 Å². The van der Waals surface area contributed by atoms with Gasteiger partial charge in [0.15, 0.2) is 0 Å². The first-order valence-corrected chi connectivity index (χ1v) is 44.7. The summed E-state index contributed by atoms with van der Waals surface area (Å²) in [6.45, 7) is 32.8. The number of unbranched alkanes of at least 4 members (excludes halogenated alkanes) is 4. The van der Waals surface area contributed by atoms with Crippen molar-refractivity contribution in [2.75, 3.05) is 45.8 Å². The molecule has 0 fully saturated rings. The highest BCUT2D eigenvalue weighted by molar-refractivity contribution is 7.89. The SMILES string of the molecule is CCCCN(CCCC)[C@@H]1c2cc(C(=O)N(CC)Cc3ccccc3F)cnc2OC(C)(C)[C@H]1O.CCCCN([C@@H]1c2cc(C(=O)N(CC)Cc3ccccc3F)cnc2OC(C)(C)[C@H]1O)S(=O)(=O)c1ccc(CC)cc1.CCCCN([C@@H]1c2cc(C(=O)O)cnc2OC(C)(C)[C@H]1O)S(=O)(=O)c1ccc(CC)cc1.CCNCc1ccccc1F.N.P.S. The molecule has 0 spiro atoms. The van der Waals surface area contributed by atoms with Crippen LogP contribution in [-0.2, 0) is 52.5 Å². The van der Waals surface area contributed by atoms with E-state index in [-0.39, 0.29) is 118 Å². The topological polar surface area (TPSA) is 330 Å². The predicted octanol–water partition coefficient (Wildman–Crippen LogP) is 16.5. The van der Waals surface area contributed by atoms with Gasteiger partial charge in [0.1, 0.15) is 52.6 Å². The summed E-state index contributed by atoms with van der Waals surface area (Å²) >= 11 is 0. The molecule has 24 nitrogen and oxygen atoms in total. The maximum Gasteiger partial charge on any atom is 0.337 e. The predicted molar refractivity (Wildman–Crippen MR) is 485 cm³/mol. The average molecular weight is 1780 g/mol. The van der Waals surface area contributed by atoms with Gasteiger partial charge in [-0.1, -0.05) is 153 Å². The number of fused-ring (bicyclic) bond motifs is 3. The molecule has 3 aliphatic heterocycles. The van der Waals surface area contributed by atoms with Crippen LogP contribution < -0.4 is 25.7 Å². The van der Waals surface area contributed by atoms with Crippen LogP contribution in [0.25, 0.3) is 0 Å². The number of carboxylic acid groups (broad SMARTS) is 1. The monoisotopic (exact) mass is 1780 g/mol. The van der Waals surface area contributed by atoms with Crippen molar-refractivity contribution in [2.24, 2.45) is 0 Å². The van der Waals surface area contributed by atoms with Gasteiger partial charge in [-0.15, -0.1) is 0 Å². The summed E-state index contributed by atoms with van der Waals surface area (Å²) in [6, 6.07) is 35.3. The van der Waals surface area contributed by atoms with Crippen molar-refractivity contribution in [1.82, 2.24) is 49.7 Å². The van der Waals surface area contributed by atoms with Crippen molar-refractivity contribution >= 4 is 61.2 Å². The number of carbonyl (C=O) groups is 3. The summed E-state index contributed by atoms with van der Waals surface area (Å²) in [5.41, 5.74) is 2.25. The molecule has 7 atom stereocenters. The zero-order valence-electron chi connectivity index (χ0n) is 73.9. The van der Waals surface area contributed by atoms with Crippen molar-refractivity contribution in [1.29, 1.82) is 0 Å². The molecule has 6 heterocycles. The maximum atomic E-state index is 14.4. The molecule has 676 valence electrons. The summed E-state index contributed by atoms with van der Waals surface area (Å²) in [6.07, 6.45) is 9.07. The molecule has 0 radical (unpaired) electrons. The standard InChI is InChI=1S/C32H40FN3O5S.C28H40FN3O3.C23H30N2O6S.C9H12FN.H3N.H3P.H2S/c1-6-9-18-36(42(39,40)25-16-14-22(7-2)15-17-25)28-26-19-24(20-34-30(26)41-32(4,5)29(28)37)31(38)35(8-3)21-23-12-10-11-13-27(23)33;1-6-9-15-32(16-10-7-2)24-22-17-21(18-30-26(22)35-28(4,5)25(24)33)27(34)31(8-3)19-20-13-11-12-14-23(20)29;1-5-7-12-25(32(29,30)17-10-8-15(6-2)9-11-17)19-18-13-16(22(27)28)14-24-21(18)31-23(3,4)20(19)26;1-2-11-7-8-5-3-4-6-9(8)10;;;/h10-17,19-20,28-29,37H,6-9,18,21H2,1-5H3;11-14,17-18,24-25,33H,6-10,15-16,19H2,1-5H3;8-11,13-14,19-20,26H,5-7,12H2,1-4H3,(H,27,28);3-6,11H,2,7H2,1H3;2*1H3;1H2/t28-,29+;24-,25+;19-,20+;;;;/m111..../s1. The molecule has 1 unspecified atom stereocenters. The number of aromatic nitrogens is 3. The molecule has 0 saturated heterocycles. The second-order valence-corrected chi connectivity index (χ2v) is 35.6. The molecular weight excluding hydrogens is 1650 g/mol. The Morgan fingerprint density at radius 3 is 1.08 bits per heavy atom. The van der Waals surface area contributed by atoms with Crippen molar-refractivity contribution in [3.63, 3.8) is 0 Å². The Hall–Kier alpha value is -8.49. The largest absolute Gasteiger partial charge is 0.478 e. The van der Waals surface area contributed by atoms with Crippen molar-refractivity contribution in [3.8, 4) is 17.6 Å². The van der Waals surface area contributed by atoms with E-state index in [0.29, 0.717) is 60.6 Å². The third-order valence-electron chi connectivity index (χ3n) is 21.9. The number of aliphatic hydroxyl groups is 3. The molecule has 0 bridgehead atoms. The van der Waals surface area contributed by atoms with E-state index in [4.69, 9.17) is 14.2 Å². The van der Waals surface area contributed by atoms with E-state index < -0.39 is 84.9 Å². The van der Waals surface area contributed by atoms with Crippen LogP contribution in [0, 0.1) is 17.5 Å². The highest BCUT2D eigenvalue weighted by atomic mass is 32.2. The number of amides is 2. The van der Waals surface area contributed by atoms with Crippen LogP contribution >= 0.6 is 23.4 Å². The second kappa shape index (κ2) is 47.7. The minimum atomic E-state index is -4.07. The molecule has 123 heavy (non-hydrogen) atoms. The number of hydrogen-bond acceptors (Lipinski definition) is 19. The number of aryl methyl sites for hydroxylation is 2. The number of aliphatic hydroxyl groups excluding tert-OH is 3. The van der Waals surface area contributed by atoms with Crippen molar-refractivity contribution < 1.29 is 79.0 Å². The molecular formula is C92H130F3N10O14PS3.